The molecule has 1 saturated carbocycles. The summed E-state index contributed by atoms with van der Waals surface area (Å²) in [5.41, 5.74) is 3.99. The largest absolute Gasteiger partial charge is 0.480 e. The molecular weight excluding hydrogens is 447 g/mol. The van der Waals surface area contributed by atoms with Crippen LogP contribution >= 0.6 is 0 Å². The van der Waals surface area contributed by atoms with Crippen LogP contribution in [-0.4, -0.2) is 45.7 Å². The Morgan fingerprint density at radius 1 is 1.26 bits per heavy atom. The Hall–Kier alpha value is -3.75. The van der Waals surface area contributed by atoms with Gasteiger partial charge in [0, 0.05) is 17.8 Å². The molecule has 3 aromatic rings. The molecule has 35 heavy (non-hydrogen) atoms. The van der Waals surface area contributed by atoms with Gasteiger partial charge in [-0.15, -0.1) is 10.2 Å². The molecule has 182 valence electrons. The lowest BCUT2D eigenvalue weighted by Crippen LogP contribution is -2.34. The standard InChI is InChI=1S/C26H29FN6O2/c1-16-5-3-6-17(2)24(16)35-23(13-18-8-9-18)26(34)28-22-11-10-20(33-12-4-7-19(27)15-33)14-21(22)25-29-31-32-30-25/h3,5-7,10-11,14,18,23H,4,8-9,12-13,15H2,1-2H3,(H,28,34)(H,29,30,31,32)/t23-/m0/s1. The zero-order valence-electron chi connectivity index (χ0n) is 19.9. The van der Waals surface area contributed by atoms with Crippen LogP contribution in [0.15, 0.2) is 48.3 Å². The Balaban J connectivity index is 1.42. The van der Waals surface area contributed by atoms with E-state index in [2.05, 4.69) is 25.9 Å². The Bertz CT molecular complexity index is 1220. The Kier molecular flexibility index (Phi) is 6.48. The van der Waals surface area contributed by atoms with Gasteiger partial charge in [0.1, 0.15) is 11.6 Å². The molecule has 2 heterocycles. The van der Waals surface area contributed by atoms with Crippen molar-refractivity contribution in [3.8, 4) is 17.1 Å². The van der Waals surface area contributed by atoms with Crippen LogP contribution < -0.4 is 15.0 Å². The minimum absolute atomic E-state index is 0.152. The highest BCUT2D eigenvalue weighted by Gasteiger charge is 2.32. The Labute approximate surface area is 203 Å². The van der Waals surface area contributed by atoms with Crippen LogP contribution in [0.4, 0.5) is 15.8 Å². The van der Waals surface area contributed by atoms with Crippen LogP contribution in [0.3, 0.4) is 0 Å². The van der Waals surface area contributed by atoms with Gasteiger partial charge in [-0.05, 0) is 73.2 Å². The third kappa shape index (κ3) is 5.34. The number of para-hydroxylation sites is 1. The monoisotopic (exact) mass is 476 g/mol. The zero-order chi connectivity index (χ0) is 24.4. The highest BCUT2D eigenvalue weighted by atomic mass is 19.1. The van der Waals surface area contributed by atoms with Crippen LogP contribution in [0.2, 0.25) is 0 Å². The predicted molar refractivity (Wildman–Crippen MR) is 132 cm³/mol. The molecule has 9 heteroatoms. The van der Waals surface area contributed by atoms with Gasteiger partial charge in [0.25, 0.3) is 5.91 Å². The van der Waals surface area contributed by atoms with Gasteiger partial charge in [0.2, 0.25) is 5.82 Å². The van der Waals surface area contributed by atoms with Crippen molar-refractivity contribution in [2.24, 2.45) is 5.92 Å². The first-order valence-electron chi connectivity index (χ1n) is 12.0. The van der Waals surface area contributed by atoms with Crippen molar-refractivity contribution >= 4 is 17.3 Å². The quantitative estimate of drug-likeness (QED) is 0.488. The lowest BCUT2D eigenvalue weighted by atomic mass is 10.1. The Morgan fingerprint density at radius 2 is 2.06 bits per heavy atom. The second-order valence-corrected chi connectivity index (χ2v) is 9.32. The van der Waals surface area contributed by atoms with Gasteiger partial charge in [0.15, 0.2) is 6.10 Å². The molecule has 1 aromatic heterocycles. The molecule has 1 amide bonds. The number of tetrazole rings is 1. The second kappa shape index (κ2) is 9.85. The van der Waals surface area contributed by atoms with E-state index in [1.54, 1.807) is 6.08 Å². The van der Waals surface area contributed by atoms with Gasteiger partial charge in [-0.1, -0.05) is 31.0 Å². The smallest absolute Gasteiger partial charge is 0.265 e. The van der Waals surface area contributed by atoms with Crippen molar-refractivity contribution in [1.82, 2.24) is 20.6 Å². The second-order valence-electron chi connectivity index (χ2n) is 9.32. The molecule has 0 saturated heterocycles. The van der Waals surface area contributed by atoms with Crippen LogP contribution in [0.1, 0.15) is 36.8 Å². The number of carbonyl (C=O) groups excluding carboxylic acids is 1. The van der Waals surface area contributed by atoms with Gasteiger partial charge in [-0.3, -0.25) is 4.79 Å². The summed E-state index contributed by atoms with van der Waals surface area (Å²) in [6.07, 6.45) is 4.52. The molecule has 2 aromatic carbocycles. The van der Waals surface area contributed by atoms with E-state index in [0.29, 0.717) is 42.4 Å². The fraction of sp³-hybridized carbons (Fsp3) is 0.385. The van der Waals surface area contributed by atoms with Gasteiger partial charge in [-0.25, -0.2) is 4.39 Å². The summed E-state index contributed by atoms with van der Waals surface area (Å²) in [6.45, 7) is 4.89. The van der Waals surface area contributed by atoms with Crippen molar-refractivity contribution in [1.29, 1.82) is 0 Å². The predicted octanol–water partition coefficient (Wildman–Crippen LogP) is 4.73. The SMILES string of the molecule is Cc1cccc(C)c1O[C@@H](CC1CC1)C(=O)Nc1ccc(N2CCC=C(F)C2)cc1-c1nn[nH]n1. The molecule has 2 aliphatic rings. The van der Waals surface area contributed by atoms with Crippen molar-refractivity contribution in [3.05, 3.63) is 59.4 Å². The molecule has 0 spiro atoms. The molecule has 8 nitrogen and oxygen atoms in total. The molecule has 1 aliphatic carbocycles. The topological polar surface area (TPSA) is 96.0 Å². The van der Waals surface area contributed by atoms with Crippen LogP contribution in [0.5, 0.6) is 5.75 Å². The molecular formula is C26H29FN6O2. The van der Waals surface area contributed by atoms with Crippen molar-refractivity contribution < 1.29 is 13.9 Å². The summed E-state index contributed by atoms with van der Waals surface area (Å²) in [5, 5.41) is 17.4. The summed E-state index contributed by atoms with van der Waals surface area (Å²) in [4.78, 5) is 15.4. The lowest BCUT2D eigenvalue weighted by Gasteiger charge is -2.27. The zero-order valence-corrected chi connectivity index (χ0v) is 19.9. The number of aromatic nitrogens is 4. The van der Waals surface area contributed by atoms with E-state index in [-0.39, 0.29) is 18.3 Å². The lowest BCUT2D eigenvalue weighted by molar-refractivity contribution is -0.123. The first-order chi connectivity index (χ1) is 17.0. The number of rotatable bonds is 8. The average Bonchev–Trinajstić information content (AvgIpc) is 3.50. The summed E-state index contributed by atoms with van der Waals surface area (Å²) in [6, 6.07) is 11.5. The number of H-pyrrole nitrogens is 1. The van der Waals surface area contributed by atoms with Crippen LogP contribution in [-0.2, 0) is 4.79 Å². The number of benzene rings is 2. The summed E-state index contributed by atoms with van der Waals surface area (Å²) in [5.74, 6) is 1.23. The number of hydrogen-bond acceptors (Lipinski definition) is 6. The summed E-state index contributed by atoms with van der Waals surface area (Å²) < 4.78 is 20.2. The number of nitrogens with zero attached hydrogens (tertiary/aromatic N) is 4. The van der Waals surface area contributed by atoms with Crippen LogP contribution in [0, 0.1) is 19.8 Å². The number of aromatic amines is 1. The Morgan fingerprint density at radius 3 is 2.74 bits per heavy atom. The van der Waals surface area contributed by atoms with Crippen LogP contribution in [0.25, 0.3) is 11.4 Å². The van der Waals surface area contributed by atoms with E-state index in [1.165, 1.54) is 0 Å². The maximum atomic E-state index is 13.9. The average molecular weight is 477 g/mol. The first-order valence-corrected chi connectivity index (χ1v) is 12.0. The number of halogens is 1. The molecule has 0 unspecified atom stereocenters. The minimum atomic E-state index is -0.624. The molecule has 1 aliphatic heterocycles. The van der Waals surface area contributed by atoms with Gasteiger partial charge in [-0.2, -0.15) is 5.21 Å². The fourth-order valence-corrected chi connectivity index (χ4v) is 4.43. The van der Waals surface area contributed by atoms with Crippen molar-refractivity contribution in [2.45, 2.75) is 45.6 Å². The van der Waals surface area contributed by atoms with E-state index < -0.39 is 6.10 Å². The fourth-order valence-electron chi connectivity index (χ4n) is 4.43. The molecule has 1 atom stereocenters. The number of ether oxygens (including phenoxy) is 1. The number of anilines is 2. The normalized spacial score (nSPS) is 16.5. The van der Waals surface area contributed by atoms with Gasteiger partial charge < -0.3 is 15.0 Å². The maximum Gasteiger partial charge on any atom is 0.265 e. The number of aryl methyl sites for hydroxylation is 2. The summed E-state index contributed by atoms with van der Waals surface area (Å²) in [7, 11) is 0. The van der Waals surface area contributed by atoms with E-state index in [1.807, 2.05) is 55.1 Å². The van der Waals surface area contributed by atoms with Crippen molar-refractivity contribution in [2.75, 3.05) is 23.3 Å². The van der Waals surface area contributed by atoms with E-state index in [9.17, 15) is 9.18 Å². The third-order valence-electron chi connectivity index (χ3n) is 6.52. The first kappa shape index (κ1) is 23.0. The van der Waals surface area contributed by atoms with Gasteiger partial charge in [0.05, 0.1) is 12.2 Å². The van der Waals surface area contributed by atoms with E-state index in [0.717, 1.165) is 35.4 Å². The minimum Gasteiger partial charge on any atom is -0.480 e. The summed E-state index contributed by atoms with van der Waals surface area (Å²) >= 11 is 0. The molecule has 1 fully saturated rings. The number of carbonyl (C=O) groups is 1. The highest BCUT2D eigenvalue weighted by Crippen LogP contribution is 2.36. The van der Waals surface area contributed by atoms with Gasteiger partial charge >= 0.3 is 0 Å². The highest BCUT2D eigenvalue weighted by molar-refractivity contribution is 5.98. The number of nitrogens with one attached hydrogen (secondary N) is 2. The molecule has 0 bridgehead atoms. The molecule has 5 rings (SSSR count). The third-order valence-corrected chi connectivity index (χ3v) is 6.52. The molecule has 0 radical (unpaired) electrons. The number of hydrogen-bond donors (Lipinski definition) is 2. The van der Waals surface area contributed by atoms with E-state index >= 15 is 0 Å². The number of amides is 1. The van der Waals surface area contributed by atoms with E-state index in [4.69, 9.17) is 4.74 Å². The maximum absolute atomic E-state index is 13.9. The van der Waals surface area contributed by atoms with Crippen molar-refractivity contribution in [3.63, 3.8) is 0 Å². The molecule has 2 N–H and O–H groups in total.